The van der Waals surface area contributed by atoms with Gasteiger partial charge >= 0.3 is 0 Å². The number of rotatable bonds is 4. The average Bonchev–Trinajstić information content (AvgIpc) is 3.00. The predicted molar refractivity (Wildman–Crippen MR) is 99.8 cm³/mol. The summed E-state index contributed by atoms with van der Waals surface area (Å²) in [6, 6.07) is 5.92. The molecule has 1 fully saturated rings. The standard InChI is InChI=1S/C17H21ClN4O3S/c1-12-4-3-8-22(11-12)26(24,25)15-10-13(5-6-14(15)18)17(23)19-16-7-9-21(2)20-16/h5-7,9-10,12H,3-4,8,11H2,1-2H3,(H,19,20,23). The summed E-state index contributed by atoms with van der Waals surface area (Å²) >= 11 is 6.15. The molecule has 2 heterocycles. The molecule has 0 bridgehead atoms. The molecule has 1 aromatic heterocycles. The number of anilines is 1. The first-order valence-corrected chi connectivity index (χ1v) is 10.2. The van der Waals surface area contributed by atoms with Crippen molar-refractivity contribution in [2.45, 2.75) is 24.7 Å². The molecule has 140 valence electrons. The third kappa shape index (κ3) is 3.92. The van der Waals surface area contributed by atoms with Crippen LogP contribution in [0.15, 0.2) is 35.4 Å². The second-order valence-corrected chi connectivity index (χ2v) is 8.90. The van der Waals surface area contributed by atoms with Crippen LogP contribution in [0.4, 0.5) is 5.82 Å². The van der Waals surface area contributed by atoms with Crippen molar-refractivity contribution in [3.8, 4) is 0 Å². The predicted octanol–water partition coefficient (Wildman–Crippen LogP) is 2.75. The second-order valence-electron chi connectivity index (χ2n) is 6.58. The van der Waals surface area contributed by atoms with Crippen LogP contribution >= 0.6 is 11.6 Å². The van der Waals surface area contributed by atoms with Gasteiger partial charge in [0.1, 0.15) is 4.90 Å². The molecular weight excluding hydrogens is 376 g/mol. The number of amides is 1. The van der Waals surface area contributed by atoms with E-state index in [0.717, 1.165) is 12.8 Å². The third-order valence-corrected chi connectivity index (χ3v) is 6.73. The van der Waals surface area contributed by atoms with Crippen LogP contribution in [-0.4, -0.2) is 41.5 Å². The molecule has 1 aliphatic rings. The molecule has 26 heavy (non-hydrogen) atoms. The van der Waals surface area contributed by atoms with Crippen molar-refractivity contribution in [2.75, 3.05) is 18.4 Å². The highest BCUT2D eigenvalue weighted by molar-refractivity contribution is 7.89. The van der Waals surface area contributed by atoms with Crippen molar-refractivity contribution in [1.82, 2.24) is 14.1 Å². The number of aromatic nitrogens is 2. The van der Waals surface area contributed by atoms with Crippen molar-refractivity contribution < 1.29 is 13.2 Å². The Kier molecular flexibility index (Phi) is 5.36. The van der Waals surface area contributed by atoms with E-state index in [-0.39, 0.29) is 15.5 Å². The highest BCUT2D eigenvalue weighted by Gasteiger charge is 2.31. The summed E-state index contributed by atoms with van der Waals surface area (Å²) < 4.78 is 29.0. The SMILES string of the molecule is CC1CCCN(S(=O)(=O)c2cc(C(=O)Nc3ccn(C)n3)ccc2Cl)C1. The first-order chi connectivity index (χ1) is 12.3. The molecule has 1 atom stereocenters. The normalized spacial score (nSPS) is 18.7. The lowest BCUT2D eigenvalue weighted by molar-refractivity contribution is 0.102. The maximum atomic E-state index is 13.0. The second kappa shape index (κ2) is 7.38. The number of benzene rings is 1. The fraction of sp³-hybridized carbons (Fsp3) is 0.412. The Morgan fingerprint density at radius 3 is 2.77 bits per heavy atom. The molecule has 1 amide bonds. The molecule has 1 saturated heterocycles. The lowest BCUT2D eigenvalue weighted by Gasteiger charge is -2.30. The van der Waals surface area contributed by atoms with Gasteiger partial charge in [0.05, 0.1) is 5.02 Å². The molecule has 1 N–H and O–H groups in total. The van der Waals surface area contributed by atoms with Crippen molar-refractivity contribution >= 4 is 33.3 Å². The molecular formula is C17H21ClN4O3S. The molecule has 0 saturated carbocycles. The van der Waals surface area contributed by atoms with Crippen molar-refractivity contribution in [1.29, 1.82) is 0 Å². The van der Waals surface area contributed by atoms with E-state index in [4.69, 9.17) is 11.6 Å². The molecule has 1 aromatic carbocycles. The number of aryl methyl sites for hydroxylation is 1. The summed E-state index contributed by atoms with van der Waals surface area (Å²) in [5, 5.41) is 6.83. The maximum absolute atomic E-state index is 13.0. The number of carbonyl (C=O) groups is 1. The zero-order chi connectivity index (χ0) is 18.9. The van der Waals surface area contributed by atoms with Crippen LogP contribution in [-0.2, 0) is 17.1 Å². The van der Waals surface area contributed by atoms with E-state index < -0.39 is 15.9 Å². The molecule has 0 radical (unpaired) electrons. The minimum absolute atomic E-state index is 0.0399. The van der Waals surface area contributed by atoms with Crippen molar-refractivity contribution in [3.05, 3.63) is 41.0 Å². The zero-order valence-corrected chi connectivity index (χ0v) is 16.2. The van der Waals surface area contributed by atoms with E-state index in [1.54, 1.807) is 24.0 Å². The quantitative estimate of drug-likeness (QED) is 0.861. The summed E-state index contributed by atoms with van der Waals surface area (Å²) in [6.07, 6.45) is 3.52. The van der Waals surface area contributed by atoms with Crippen LogP contribution in [0.3, 0.4) is 0 Å². The van der Waals surface area contributed by atoms with Gasteiger partial charge in [-0.1, -0.05) is 18.5 Å². The zero-order valence-electron chi connectivity index (χ0n) is 14.6. The number of hydrogen-bond acceptors (Lipinski definition) is 4. The number of nitrogens with one attached hydrogen (secondary N) is 1. The van der Waals surface area contributed by atoms with Gasteiger partial charge in [-0.2, -0.15) is 9.40 Å². The monoisotopic (exact) mass is 396 g/mol. The molecule has 9 heteroatoms. The average molecular weight is 397 g/mol. The lowest BCUT2D eigenvalue weighted by Crippen LogP contribution is -2.39. The van der Waals surface area contributed by atoms with Gasteiger partial charge in [0, 0.05) is 38.0 Å². The number of piperidine rings is 1. The van der Waals surface area contributed by atoms with Gasteiger partial charge in [0.25, 0.3) is 5.91 Å². The van der Waals surface area contributed by atoms with E-state index >= 15 is 0 Å². The van der Waals surface area contributed by atoms with Crippen molar-refractivity contribution in [3.63, 3.8) is 0 Å². The smallest absolute Gasteiger partial charge is 0.256 e. The third-order valence-electron chi connectivity index (χ3n) is 4.39. The van der Waals surface area contributed by atoms with Crippen LogP contribution < -0.4 is 5.32 Å². The highest BCUT2D eigenvalue weighted by Crippen LogP contribution is 2.29. The number of halogens is 1. The largest absolute Gasteiger partial charge is 0.305 e. The fourth-order valence-corrected chi connectivity index (χ4v) is 5.11. The topological polar surface area (TPSA) is 84.3 Å². The van der Waals surface area contributed by atoms with Crippen LogP contribution in [0.1, 0.15) is 30.1 Å². The Bertz CT molecular complexity index is 926. The van der Waals surface area contributed by atoms with E-state index in [9.17, 15) is 13.2 Å². The van der Waals surface area contributed by atoms with Gasteiger partial charge in [-0.3, -0.25) is 9.48 Å². The Hall–Kier alpha value is -1.90. The van der Waals surface area contributed by atoms with Gasteiger partial charge in [-0.05, 0) is 37.0 Å². The van der Waals surface area contributed by atoms with E-state index in [1.807, 2.05) is 6.92 Å². The minimum Gasteiger partial charge on any atom is -0.305 e. The molecule has 2 aromatic rings. The Morgan fingerprint density at radius 1 is 1.35 bits per heavy atom. The minimum atomic E-state index is -3.75. The Balaban J connectivity index is 1.88. The summed E-state index contributed by atoms with van der Waals surface area (Å²) in [7, 11) is -2.01. The summed E-state index contributed by atoms with van der Waals surface area (Å²) in [6.45, 7) is 2.95. The number of carbonyl (C=O) groups excluding carboxylic acids is 1. The van der Waals surface area contributed by atoms with Crippen LogP contribution in [0.25, 0.3) is 0 Å². The van der Waals surface area contributed by atoms with E-state index in [0.29, 0.717) is 24.8 Å². The summed E-state index contributed by atoms with van der Waals surface area (Å²) in [5.41, 5.74) is 0.212. The van der Waals surface area contributed by atoms with Gasteiger partial charge in [-0.25, -0.2) is 8.42 Å². The summed E-state index contributed by atoms with van der Waals surface area (Å²) in [4.78, 5) is 12.4. The molecule has 1 aliphatic heterocycles. The molecule has 0 aliphatic carbocycles. The van der Waals surface area contributed by atoms with Crippen LogP contribution in [0, 0.1) is 5.92 Å². The van der Waals surface area contributed by atoms with E-state index in [2.05, 4.69) is 10.4 Å². The number of nitrogens with zero attached hydrogens (tertiary/aromatic N) is 3. The van der Waals surface area contributed by atoms with Gasteiger partial charge < -0.3 is 5.32 Å². The Labute approximate surface area is 158 Å². The highest BCUT2D eigenvalue weighted by atomic mass is 35.5. The van der Waals surface area contributed by atoms with Crippen LogP contribution in [0.5, 0.6) is 0 Å². The first-order valence-electron chi connectivity index (χ1n) is 8.38. The maximum Gasteiger partial charge on any atom is 0.256 e. The van der Waals surface area contributed by atoms with Gasteiger partial charge in [0.2, 0.25) is 10.0 Å². The van der Waals surface area contributed by atoms with Gasteiger partial charge in [-0.15, -0.1) is 0 Å². The molecule has 7 nitrogen and oxygen atoms in total. The molecule has 3 rings (SSSR count). The van der Waals surface area contributed by atoms with Crippen LogP contribution in [0.2, 0.25) is 5.02 Å². The summed E-state index contributed by atoms with van der Waals surface area (Å²) in [5.74, 6) is 0.249. The Morgan fingerprint density at radius 2 is 2.12 bits per heavy atom. The number of hydrogen-bond donors (Lipinski definition) is 1. The number of sulfonamides is 1. The van der Waals surface area contributed by atoms with Crippen molar-refractivity contribution in [2.24, 2.45) is 13.0 Å². The lowest BCUT2D eigenvalue weighted by atomic mass is 10.0. The molecule has 1 unspecified atom stereocenters. The fourth-order valence-electron chi connectivity index (χ4n) is 3.02. The molecule has 0 spiro atoms. The van der Waals surface area contributed by atoms with E-state index in [1.165, 1.54) is 22.5 Å². The first kappa shape index (κ1) is 18.9. The van der Waals surface area contributed by atoms with Gasteiger partial charge in [0.15, 0.2) is 5.82 Å².